The standard InChI is InChI=1S/C14H19BrN4O/c1-10-4-3-5-11(8-10)13(18-16)14-12(15)9-17-19(14)6-7-20-2/h3-5,8-9,13,18H,6-7,16H2,1-2H3. The summed E-state index contributed by atoms with van der Waals surface area (Å²) in [4.78, 5) is 0. The maximum absolute atomic E-state index is 5.77. The number of hydrogen-bond acceptors (Lipinski definition) is 4. The molecule has 1 heterocycles. The van der Waals surface area contributed by atoms with E-state index in [4.69, 9.17) is 10.6 Å². The van der Waals surface area contributed by atoms with E-state index >= 15 is 0 Å². The summed E-state index contributed by atoms with van der Waals surface area (Å²) in [7, 11) is 1.68. The smallest absolute Gasteiger partial charge is 0.0889 e. The Bertz CT molecular complexity index is 570. The van der Waals surface area contributed by atoms with Gasteiger partial charge in [0.05, 0.1) is 35.6 Å². The first-order chi connectivity index (χ1) is 9.67. The zero-order chi connectivity index (χ0) is 14.5. The molecule has 1 atom stereocenters. The number of benzene rings is 1. The first-order valence-corrected chi connectivity index (χ1v) is 7.19. The number of aromatic nitrogens is 2. The van der Waals surface area contributed by atoms with Crippen molar-refractivity contribution < 1.29 is 4.74 Å². The minimum absolute atomic E-state index is 0.122. The second-order valence-electron chi connectivity index (χ2n) is 4.61. The number of aryl methyl sites for hydroxylation is 1. The molecule has 1 aromatic carbocycles. The Morgan fingerprint density at radius 1 is 1.50 bits per heavy atom. The number of methoxy groups -OCH3 is 1. The average molecular weight is 339 g/mol. The van der Waals surface area contributed by atoms with Crippen molar-refractivity contribution >= 4 is 15.9 Å². The van der Waals surface area contributed by atoms with Crippen molar-refractivity contribution in [2.24, 2.45) is 5.84 Å². The van der Waals surface area contributed by atoms with Crippen LogP contribution >= 0.6 is 15.9 Å². The Morgan fingerprint density at radius 2 is 2.30 bits per heavy atom. The highest BCUT2D eigenvalue weighted by molar-refractivity contribution is 9.10. The van der Waals surface area contributed by atoms with Crippen molar-refractivity contribution in [1.29, 1.82) is 0 Å². The van der Waals surface area contributed by atoms with Gasteiger partial charge in [-0.2, -0.15) is 5.10 Å². The van der Waals surface area contributed by atoms with Crippen LogP contribution < -0.4 is 11.3 Å². The van der Waals surface area contributed by atoms with Crippen molar-refractivity contribution in [2.45, 2.75) is 19.5 Å². The van der Waals surface area contributed by atoms with E-state index in [1.807, 2.05) is 10.7 Å². The van der Waals surface area contributed by atoms with E-state index in [0.717, 1.165) is 15.7 Å². The van der Waals surface area contributed by atoms with Gasteiger partial charge in [0.1, 0.15) is 0 Å². The molecule has 5 nitrogen and oxygen atoms in total. The fourth-order valence-electron chi connectivity index (χ4n) is 2.20. The lowest BCUT2D eigenvalue weighted by Crippen LogP contribution is -2.31. The molecule has 0 aliphatic rings. The van der Waals surface area contributed by atoms with Crippen LogP contribution in [0, 0.1) is 6.92 Å². The first kappa shape index (κ1) is 15.2. The quantitative estimate of drug-likeness (QED) is 0.625. The number of nitrogens with one attached hydrogen (secondary N) is 1. The van der Waals surface area contributed by atoms with Crippen LogP contribution in [0.4, 0.5) is 0 Å². The molecule has 0 aliphatic heterocycles. The molecule has 20 heavy (non-hydrogen) atoms. The summed E-state index contributed by atoms with van der Waals surface area (Å²) >= 11 is 3.55. The molecule has 1 aromatic heterocycles. The van der Waals surface area contributed by atoms with Crippen LogP contribution in [0.5, 0.6) is 0 Å². The van der Waals surface area contributed by atoms with E-state index < -0.39 is 0 Å². The zero-order valence-electron chi connectivity index (χ0n) is 11.6. The van der Waals surface area contributed by atoms with Crippen LogP contribution in [0.1, 0.15) is 22.9 Å². The van der Waals surface area contributed by atoms with E-state index in [0.29, 0.717) is 13.2 Å². The Balaban J connectivity index is 2.38. The molecule has 0 spiro atoms. The van der Waals surface area contributed by atoms with Crippen LogP contribution in [-0.2, 0) is 11.3 Å². The Labute approximate surface area is 127 Å². The van der Waals surface area contributed by atoms with Gasteiger partial charge in [-0.3, -0.25) is 10.5 Å². The van der Waals surface area contributed by atoms with E-state index in [9.17, 15) is 0 Å². The topological polar surface area (TPSA) is 65.1 Å². The van der Waals surface area contributed by atoms with Crippen LogP contribution in [0.25, 0.3) is 0 Å². The number of nitrogens with zero attached hydrogens (tertiary/aromatic N) is 2. The normalized spacial score (nSPS) is 12.6. The minimum atomic E-state index is -0.122. The largest absolute Gasteiger partial charge is 0.383 e. The summed E-state index contributed by atoms with van der Waals surface area (Å²) in [6.07, 6.45) is 1.78. The molecular formula is C14H19BrN4O. The highest BCUT2D eigenvalue weighted by atomic mass is 79.9. The summed E-state index contributed by atoms with van der Waals surface area (Å²) in [6.45, 7) is 3.35. The number of hydrogen-bond donors (Lipinski definition) is 2. The monoisotopic (exact) mass is 338 g/mol. The molecule has 0 saturated heterocycles. The Kier molecular flexibility index (Phi) is 5.31. The second kappa shape index (κ2) is 6.99. The van der Waals surface area contributed by atoms with Gasteiger partial charge < -0.3 is 4.74 Å². The van der Waals surface area contributed by atoms with Crippen LogP contribution in [0.15, 0.2) is 34.9 Å². The third-order valence-electron chi connectivity index (χ3n) is 3.16. The van der Waals surface area contributed by atoms with Crippen molar-refractivity contribution in [3.05, 3.63) is 51.8 Å². The number of hydrazine groups is 1. The maximum atomic E-state index is 5.77. The van der Waals surface area contributed by atoms with Crippen LogP contribution in [0.3, 0.4) is 0 Å². The minimum Gasteiger partial charge on any atom is -0.383 e. The first-order valence-electron chi connectivity index (χ1n) is 6.40. The van der Waals surface area contributed by atoms with Gasteiger partial charge in [-0.15, -0.1) is 0 Å². The summed E-state index contributed by atoms with van der Waals surface area (Å²) in [5, 5.41) is 4.36. The lowest BCUT2D eigenvalue weighted by atomic mass is 10.0. The van der Waals surface area contributed by atoms with Gasteiger partial charge >= 0.3 is 0 Å². The molecule has 2 rings (SSSR count). The lowest BCUT2D eigenvalue weighted by molar-refractivity contribution is 0.182. The number of nitrogens with two attached hydrogens (primary N) is 1. The van der Waals surface area contributed by atoms with Crippen molar-refractivity contribution in [2.75, 3.05) is 13.7 Å². The predicted octanol–water partition coefficient (Wildman–Crippen LogP) is 2.15. The van der Waals surface area contributed by atoms with Gasteiger partial charge in [-0.05, 0) is 28.4 Å². The number of ether oxygens (including phenoxy) is 1. The molecule has 0 radical (unpaired) electrons. The van der Waals surface area contributed by atoms with E-state index in [1.165, 1.54) is 5.56 Å². The summed E-state index contributed by atoms with van der Waals surface area (Å²) in [5.41, 5.74) is 6.17. The number of halogens is 1. The SMILES string of the molecule is COCCn1ncc(Br)c1C(NN)c1cccc(C)c1. The fourth-order valence-corrected chi connectivity index (χ4v) is 2.72. The molecule has 2 aromatic rings. The number of rotatable bonds is 6. The third kappa shape index (κ3) is 3.27. The Morgan fingerprint density at radius 3 is 2.95 bits per heavy atom. The van der Waals surface area contributed by atoms with E-state index in [-0.39, 0.29) is 6.04 Å². The van der Waals surface area contributed by atoms with Crippen molar-refractivity contribution in [1.82, 2.24) is 15.2 Å². The molecule has 0 amide bonds. The van der Waals surface area contributed by atoms with Gasteiger partial charge in [0.15, 0.2) is 0 Å². The molecule has 0 saturated carbocycles. The summed E-state index contributed by atoms with van der Waals surface area (Å²) < 4.78 is 7.95. The summed E-state index contributed by atoms with van der Waals surface area (Å²) in [5.74, 6) is 5.77. The van der Waals surface area contributed by atoms with Gasteiger partial charge in [0.2, 0.25) is 0 Å². The van der Waals surface area contributed by atoms with Crippen molar-refractivity contribution in [3.63, 3.8) is 0 Å². The Hall–Kier alpha value is -1.21. The molecule has 1 unspecified atom stereocenters. The summed E-state index contributed by atoms with van der Waals surface area (Å²) in [6, 6.07) is 8.14. The van der Waals surface area contributed by atoms with E-state index in [1.54, 1.807) is 13.3 Å². The third-order valence-corrected chi connectivity index (χ3v) is 3.77. The van der Waals surface area contributed by atoms with Crippen molar-refractivity contribution in [3.8, 4) is 0 Å². The average Bonchev–Trinajstić information content (AvgIpc) is 2.79. The zero-order valence-corrected chi connectivity index (χ0v) is 13.2. The van der Waals surface area contributed by atoms with Gasteiger partial charge in [-0.1, -0.05) is 29.8 Å². The van der Waals surface area contributed by atoms with Gasteiger partial charge in [-0.25, -0.2) is 5.43 Å². The molecule has 3 N–H and O–H groups in total. The van der Waals surface area contributed by atoms with E-state index in [2.05, 4.69) is 51.6 Å². The van der Waals surface area contributed by atoms with Crippen LogP contribution in [0.2, 0.25) is 0 Å². The highest BCUT2D eigenvalue weighted by Crippen LogP contribution is 2.28. The maximum Gasteiger partial charge on any atom is 0.0889 e. The molecule has 108 valence electrons. The van der Waals surface area contributed by atoms with Gasteiger partial charge in [0.25, 0.3) is 0 Å². The molecule has 6 heteroatoms. The molecule has 0 fully saturated rings. The second-order valence-corrected chi connectivity index (χ2v) is 5.46. The highest BCUT2D eigenvalue weighted by Gasteiger charge is 2.20. The predicted molar refractivity (Wildman–Crippen MR) is 82.1 cm³/mol. The van der Waals surface area contributed by atoms with Crippen LogP contribution in [-0.4, -0.2) is 23.5 Å². The van der Waals surface area contributed by atoms with Gasteiger partial charge in [0, 0.05) is 7.11 Å². The lowest BCUT2D eigenvalue weighted by Gasteiger charge is -2.19. The molecule has 0 bridgehead atoms. The molecular weight excluding hydrogens is 320 g/mol. The fraction of sp³-hybridized carbons (Fsp3) is 0.357. The molecule has 0 aliphatic carbocycles.